The minimum atomic E-state index is 0.0750. The molecule has 0 fully saturated rings. The van der Waals surface area contributed by atoms with Crippen molar-refractivity contribution in [2.75, 3.05) is 0 Å². The molecule has 0 saturated heterocycles. The van der Waals surface area contributed by atoms with E-state index in [1.807, 2.05) is 12.1 Å². The summed E-state index contributed by atoms with van der Waals surface area (Å²) in [6.45, 7) is 2.06. The highest BCUT2D eigenvalue weighted by molar-refractivity contribution is 5.76. The Morgan fingerprint density at radius 1 is 1.40 bits per heavy atom. The average molecular weight is 340 g/mol. The third-order valence-corrected chi connectivity index (χ3v) is 4.44. The van der Waals surface area contributed by atoms with Gasteiger partial charge in [-0.1, -0.05) is 16.8 Å². The van der Waals surface area contributed by atoms with Gasteiger partial charge in [0.25, 0.3) is 0 Å². The van der Waals surface area contributed by atoms with Crippen LogP contribution in [0.1, 0.15) is 51.3 Å². The largest absolute Gasteiger partial charge is 0.350 e. The van der Waals surface area contributed by atoms with Crippen molar-refractivity contribution in [2.45, 2.75) is 57.9 Å². The number of allylic oxidation sites excluding steroid dienone is 1. The predicted octanol–water partition coefficient (Wildman–Crippen LogP) is 3.46. The van der Waals surface area contributed by atoms with Crippen molar-refractivity contribution < 1.29 is 9.32 Å². The van der Waals surface area contributed by atoms with Crippen molar-refractivity contribution in [3.63, 3.8) is 0 Å². The van der Waals surface area contributed by atoms with E-state index in [0.717, 1.165) is 18.4 Å². The molecule has 3 rings (SSSR count). The lowest BCUT2D eigenvalue weighted by Crippen LogP contribution is -2.34. The predicted molar refractivity (Wildman–Crippen MR) is 94.6 cm³/mol. The maximum atomic E-state index is 12.1. The van der Waals surface area contributed by atoms with E-state index in [9.17, 15) is 4.79 Å². The van der Waals surface area contributed by atoms with Crippen LogP contribution in [0.4, 0.5) is 0 Å². The van der Waals surface area contributed by atoms with E-state index in [1.54, 1.807) is 12.4 Å². The van der Waals surface area contributed by atoms with Crippen LogP contribution in [-0.2, 0) is 11.2 Å². The molecular formula is C19H24N4O2. The van der Waals surface area contributed by atoms with Gasteiger partial charge in [0.2, 0.25) is 17.6 Å². The van der Waals surface area contributed by atoms with Crippen molar-refractivity contribution in [2.24, 2.45) is 0 Å². The van der Waals surface area contributed by atoms with Crippen LogP contribution < -0.4 is 5.32 Å². The van der Waals surface area contributed by atoms with Crippen LogP contribution in [0.25, 0.3) is 11.4 Å². The maximum Gasteiger partial charge on any atom is 0.226 e. The van der Waals surface area contributed by atoms with Crippen LogP contribution in [0.5, 0.6) is 0 Å². The van der Waals surface area contributed by atoms with Crippen molar-refractivity contribution >= 4 is 5.91 Å². The Balaban J connectivity index is 1.43. The third kappa shape index (κ3) is 4.98. The lowest BCUT2D eigenvalue weighted by Gasteiger charge is -2.20. The highest BCUT2D eigenvalue weighted by Crippen LogP contribution is 2.20. The fraction of sp³-hybridized carbons (Fsp3) is 0.474. The van der Waals surface area contributed by atoms with Crippen molar-refractivity contribution in [1.29, 1.82) is 0 Å². The minimum absolute atomic E-state index is 0.0750. The highest BCUT2D eigenvalue weighted by Gasteiger charge is 2.14. The molecule has 2 aromatic rings. The van der Waals surface area contributed by atoms with Crippen molar-refractivity contribution in [3.8, 4) is 11.4 Å². The second-order valence-electron chi connectivity index (χ2n) is 6.42. The maximum absolute atomic E-state index is 12.1. The van der Waals surface area contributed by atoms with Crippen LogP contribution in [-0.4, -0.2) is 27.1 Å². The van der Waals surface area contributed by atoms with E-state index in [4.69, 9.17) is 4.52 Å². The van der Waals surface area contributed by atoms with Gasteiger partial charge in [0.05, 0.1) is 0 Å². The molecule has 1 N–H and O–H groups in total. The number of pyridine rings is 1. The molecule has 0 unspecified atom stereocenters. The summed E-state index contributed by atoms with van der Waals surface area (Å²) in [5.74, 6) is 1.16. The molecular weight excluding hydrogens is 316 g/mol. The molecule has 1 aliphatic carbocycles. The molecule has 2 heterocycles. The van der Waals surface area contributed by atoms with Crippen LogP contribution in [0.3, 0.4) is 0 Å². The number of rotatable bonds is 7. The molecule has 6 heteroatoms. The Kier molecular flexibility index (Phi) is 5.93. The topological polar surface area (TPSA) is 80.9 Å². The van der Waals surface area contributed by atoms with Crippen LogP contribution in [0.15, 0.2) is 40.7 Å². The summed E-state index contributed by atoms with van der Waals surface area (Å²) in [4.78, 5) is 20.5. The SMILES string of the molecule is C[C@@H](NC(=O)CCCc1nc(-c2cccnc2)no1)C1=CCCCC1. The second-order valence-corrected chi connectivity index (χ2v) is 6.42. The van der Waals surface area contributed by atoms with Gasteiger partial charge in [0, 0.05) is 36.8 Å². The van der Waals surface area contributed by atoms with Gasteiger partial charge in [-0.2, -0.15) is 4.98 Å². The van der Waals surface area contributed by atoms with E-state index in [-0.39, 0.29) is 11.9 Å². The number of amides is 1. The van der Waals surface area contributed by atoms with E-state index in [1.165, 1.54) is 18.4 Å². The Morgan fingerprint density at radius 3 is 3.08 bits per heavy atom. The first kappa shape index (κ1) is 17.3. The molecule has 1 amide bonds. The van der Waals surface area contributed by atoms with Crippen LogP contribution in [0.2, 0.25) is 0 Å². The second kappa shape index (κ2) is 8.55. The number of carbonyl (C=O) groups is 1. The van der Waals surface area contributed by atoms with E-state index in [2.05, 4.69) is 33.4 Å². The summed E-state index contributed by atoms with van der Waals surface area (Å²) in [6, 6.07) is 3.85. The number of aryl methyl sites for hydroxylation is 1. The normalized spacial score (nSPS) is 15.5. The molecule has 1 aliphatic rings. The Hall–Kier alpha value is -2.50. The average Bonchev–Trinajstić information content (AvgIpc) is 3.12. The van der Waals surface area contributed by atoms with Gasteiger partial charge in [-0.3, -0.25) is 9.78 Å². The molecule has 0 radical (unpaired) electrons. The van der Waals surface area contributed by atoms with E-state index in [0.29, 0.717) is 31.0 Å². The molecule has 25 heavy (non-hydrogen) atoms. The summed E-state index contributed by atoms with van der Waals surface area (Å²) in [5, 5.41) is 7.04. The quantitative estimate of drug-likeness (QED) is 0.781. The molecule has 0 aromatic carbocycles. The highest BCUT2D eigenvalue weighted by atomic mass is 16.5. The summed E-state index contributed by atoms with van der Waals surface area (Å²) in [6.07, 6.45) is 12.1. The zero-order chi connectivity index (χ0) is 17.5. The van der Waals surface area contributed by atoms with E-state index >= 15 is 0 Å². The van der Waals surface area contributed by atoms with Gasteiger partial charge >= 0.3 is 0 Å². The zero-order valence-corrected chi connectivity index (χ0v) is 14.6. The Bertz CT molecular complexity index is 724. The monoisotopic (exact) mass is 340 g/mol. The lowest BCUT2D eigenvalue weighted by molar-refractivity contribution is -0.121. The molecule has 0 bridgehead atoms. The summed E-state index contributed by atoms with van der Waals surface area (Å²) < 4.78 is 5.25. The minimum Gasteiger partial charge on any atom is -0.350 e. The van der Waals surface area contributed by atoms with Gasteiger partial charge in [-0.25, -0.2) is 0 Å². The van der Waals surface area contributed by atoms with Gasteiger partial charge in [-0.15, -0.1) is 0 Å². The third-order valence-electron chi connectivity index (χ3n) is 4.44. The Morgan fingerprint density at radius 2 is 2.32 bits per heavy atom. The van der Waals surface area contributed by atoms with E-state index < -0.39 is 0 Å². The number of aromatic nitrogens is 3. The first-order chi connectivity index (χ1) is 12.2. The van der Waals surface area contributed by atoms with Crippen LogP contribution >= 0.6 is 0 Å². The number of nitrogens with zero attached hydrogens (tertiary/aromatic N) is 3. The first-order valence-electron chi connectivity index (χ1n) is 8.93. The van der Waals surface area contributed by atoms with Gasteiger partial charge in [0.15, 0.2) is 0 Å². The van der Waals surface area contributed by atoms with Crippen LogP contribution in [0, 0.1) is 0 Å². The fourth-order valence-corrected chi connectivity index (χ4v) is 3.03. The zero-order valence-electron chi connectivity index (χ0n) is 14.6. The standard InChI is InChI=1S/C19H24N4O2/c1-14(15-7-3-2-4-8-15)21-17(24)10-5-11-18-22-19(23-25-18)16-9-6-12-20-13-16/h6-7,9,12-14H,2-5,8,10-11H2,1H3,(H,21,24)/t14-/m1/s1. The number of nitrogens with one attached hydrogen (secondary N) is 1. The summed E-state index contributed by atoms with van der Waals surface area (Å²) in [7, 11) is 0. The smallest absolute Gasteiger partial charge is 0.226 e. The molecule has 0 spiro atoms. The van der Waals surface area contributed by atoms with Gasteiger partial charge in [-0.05, 0) is 51.2 Å². The first-order valence-corrected chi connectivity index (χ1v) is 8.93. The molecule has 0 saturated carbocycles. The van der Waals surface area contributed by atoms with Gasteiger partial charge in [0.1, 0.15) is 0 Å². The number of hydrogen-bond donors (Lipinski definition) is 1. The summed E-state index contributed by atoms with van der Waals surface area (Å²) >= 11 is 0. The molecule has 132 valence electrons. The van der Waals surface area contributed by atoms with Gasteiger partial charge < -0.3 is 9.84 Å². The molecule has 0 aliphatic heterocycles. The fourth-order valence-electron chi connectivity index (χ4n) is 3.03. The molecule has 6 nitrogen and oxygen atoms in total. The summed E-state index contributed by atoms with van der Waals surface area (Å²) in [5.41, 5.74) is 2.18. The van der Waals surface area contributed by atoms with Crippen molar-refractivity contribution in [1.82, 2.24) is 20.4 Å². The Labute approximate surface area is 147 Å². The van der Waals surface area contributed by atoms with Crippen molar-refractivity contribution in [3.05, 3.63) is 42.1 Å². The lowest BCUT2D eigenvalue weighted by atomic mass is 9.94. The number of carbonyl (C=O) groups excluding carboxylic acids is 1. The molecule has 2 aromatic heterocycles. The molecule has 1 atom stereocenters. The number of hydrogen-bond acceptors (Lipinski definition) is 5.